The third-order valence-corrected chi connectivity index (χ3v) is 3.39. The fraction of sp³-hybridized carbons (Fsp3) is 0.417. The summed E-state index contributed by atoms with van der Waals surface area (Å²) in [6, 6.07) is 8.13. The molecule has 4 heteroatoms. The molecule has 16 heavy (non-hydrogen) atoms. The monoisotopic (exact) mass is 283 g/mol. The summed E-state index contributed by atoms with van der Waals surface area (Å²) >= 11 is 3.45. The number of halogens is 1. The molecule has 1 heterocycles. The lowest BCUT2D eigenvalue weighted by Crippen LogP contribution is -2.23. The zero-order chi connectivity index (χ0) is 11.5. The molecule has 0 amide bonds. The molecule has 86 valence electrons. The van der Waals surface area contributed by atoms with Gasteiger partial charge in [0, 0.05) is 23.2 Å². The van der Waals surface area contributed by atoms with Crippen molar-refractivity contribution in [2.75, 3.05) is 25.1 Å². The second kappa shape index (κ2) is 4.87. The van der Waals surface area contributed by atoms with Crippen LogP contribution in [0.2, 0.25) is 0 Å². The molecular formula is C12H14BrNO2. The van der Waals surface area contributed by atoms with Crippen LogP contribution in [0.3, 0.4) is 0 Å². The molecule has 1 aromatic carbocycles. The number of methoxy groups -OCH3 is 1. The van der Waals surface area contributed by atoms with Crippen molar-refractivity contribution in [2.24, 2.45) is 5.92 Å². The van der Waals surface area contributed by atoms with Gasteiger partial charge in [-0.2, -0.15) is 0 Å². The highest BCUT2D eigenvalue weighted by molar-refractivity contribution is 9.10. The lowest BCUT2D eigenvalue weighted by atomic mass is 10.1. The van der Waals surface area contributed by atoms with Gasteiger partial charge in [-0.1, -0.05) is 22.0 Å². The number of nitrogens with zero attached hydrogens (tertiary/aromatic N) is 1. The Morgan fingerprint density at radius 1 is 1.56 bits per heavy atom. The lowest BCUT2D eigenvalue weighted by molar-refractivity contribution is -0.144. The van der Waals surface area contributed by atoms with Crippen LogP contribution in [-0.2, 0) is 9.53 Å². The van der Waals surface area contributed by atoms with Crippen LogP contribution < -0.4 is 4.90 Å². The van der Waals surface area contributed by atoms with Crippen molar-refractivity contribution in [3.05, 3.63) is 28.7 Å². The van der Waals surface area contributed by atoms with Crippen molar-refractivity contribution < 1.29 is 9.53 Å². The Hall–Kier alpha value is -1.03. The number of hydrogen-bond donors (Lipinski definition) is 0. The number of ether oxygens (including phenoxy) is 1. The maximum absolute atomic E-state index is 11.4. The van der Waals surface area contributed by atoms with Crippen LogP contribution in [0.15, 0.2) is 28.7 Å². The molecule has 0 aliphatic carbocycles. The van der Waals surface area contributed by atoms with E-state index in [9.17, 15) is 4.79 Å². The Bertz CT molecular complexity index is 394. The minimum Gasteiger partial charge on any atom is -0.469 e. The first-order chi connectivity index (χ1) is 7.70. The zero-order valence-corrected chi connectivity index (χ0v) is 10.7. The highest BCUT2D eigenvalue weighted by Crippen LogP contribution is 2.26. The number of anilines is 1. The van der Waals surface area contributed by atoms with Gasteiger partial charge in [0.05, 0.1) is 13.0 Å². The maximum Gasteiger partial charge on any atom is 0.310 e. The van der Waals surface area contributed by atoms with Gasteiger partial charge in [0.1, 0.15) is 0 Å². The number of rotatable bonds is 2. The summed E-state index contributed by atoms with van der Waals surface area (Å²) in [4.78, 5) is 13.6. The van der Waals surface area contributed by atoms with Gasteiger partial charge in [0.2, 0.25) is 0 Å². The van der Waals surface area contributed by atoms with Crippen molar-refractivity contribution >= 4 is 27.6 Å². The van der Waals surface area contributed by atoms with E-state index in [0.29, 0.717) is 0 Å². The first-order valence-corrected chi connectivity index (χ1v) is 6.08. The van der Waals surface area contributed by atoms with Crippen molar-refractivity contribution in [1.29, 1.82) is 0 Å². The summed E-state index contributed by atoms with van der Waals surface area (Å²) in [6.45, 7) is 1.67. The minimum absolute atomic E-state index is 0.0176. The van der Waals surface area contributed by atoms with Crippen LogP contribution in [0.25, 0.3) is 0 Å². The van der Waals surface area contributed by atoms with Gasteiger partial charge in [-0.15, -0.1) is 0 Å². The average molecular weight is 284 g/mol. The molecule has 0 radical (unpaired) electrons. The summed E-state index contributed by atoms with van der Waals surface area (Å²) < 4.78 is 5.83. The van der Waals surface area contributed by atoms with Crippen molar-refractivity contribution in [1.82, 2.24) is 0 Å². The van der Waals surface area contributed by atoms with E-state index in [0.717, 1.165) is 29.7 Å². The molecule has 2 rings (SSSR count). The van der Waals surface area contributed by atoms with Crippen LogP contribution in [0, 0.1) is 5.92 Å². The molecule has 1 aromatic rings. The largest absolute Gasteiger partial charge is 0.469 e. The summed E-state index contributed by atoms with van der Waals surface area (Å²) in [5, 5.41) is 0. The van der Waals surface area contributed by atoms with E-state index >= 15 is 0 Å². The first kappa shape index (κ1) is 11.5. The van der Waals surface area contributed by atoms with E-state index in [1.54, 1.807) is 0 Å². The van der Waals surface area contributed by atoms with Gasteiger partial charge < -0.3 is 9.64 Å². The maximum atomic E-state index is 11.4. The molecule has 1 aliphatic rings. The Kier molecular flexibility index (Phi) is 3.49. The van der Waals surface area contributed by atoms with Gasteiger partial charge in [-0.25, -0.2) is 0 Å². The average Bonchev–Trinajstić information content (AvgIpc) is 2.77. The lowest BCUT2D eigenvalue weighted by Gasteiger charge is -2.18. The Balaban J connectivity index is 2.06. The Labute approximate surface area is 104 Å². The second-order valence-electron chi connectivity index (χ2n) is 3.93. The van der Waals surface area contributed by atoms with Crippen LogP contribution in [0.1, 0.15) is 6.42 Å². The predicted molar refractivity (Wildman–Crippen MR) is 66.5 cm³/mol. The van der Waals surface area contributed by atoms with Crippen molar-refractivity contribution in [3.63, 3.8) is 0 Å². The van der Waals surface area contributed by atoms with Crippen molar-refractivity contribution in [2.45, 2.75) is 6.42 Å². The molecule has 0 aromatic heterocycles. The number of hydrogen-bond acceptors (Lipinski definition) is 3. The summed E-state index contributed by atoms with van der Waals surface area (Å²) in [7, 11) is 1.45. The summed E-state index contributed by atoms with van der Waals surface area (Å²) in [5.41, 5.74) is 1.15. The van der Waals surface area contributed by atoms with Crippen LogP contribution in [0.4, 0.5) is 5.69 Å². The van der Waals surface area contributed by atoms with Gasteiger partial charge in [-0.3, -0.25) is 4.79 Å². The summed E-state index contributed by atoms with van der Waals surface area (Å²) in [6.07, 6.45) is 0.874. The molecular weight excluding hydrogens is 270 g/mol. The fourth-order valence-corrected chi connectivity index (χ4v) is 2.41. The molecule has 0 saturated carbocycles. The Morgan fingerprint density at radius 3 is 3.06 bits per heavy atom. The fourth-order valence-electron chi connectivity index (χ4n) is 2.03. The molecule has 0 spiro atoms. The molecule has 1 atom stereocenters. The molecule has 0 N–H and O–H groups in total. The molecule has 1 saturated heterocycles. The second-order valence-corrected chi connectivity index (χ2v) is 4.85. The quantitative estimate of drug-likeness (QED) is 0.781. The third-order valence-electron chi connectivity index (χ3n) is 2.90. The molecule has 1 unspecified atom stereocenters. The van der Waals surface area contributed by atoms with Crippen LogP contribution in [0.5, 0.6) is 0 Å². The van der Waals surface area contributed by atoms with E-state index in [-0.39, 0.29) is 11.9 Å². The van der Waals surface area contributed by atoms with E-state index in [2.05, 4.69) is 33.0 Å². The van der Waals surface area contributed by atoms with Crippen LogP contribution >= 0.6 is 15.9 Å². The van der Waals surface area contributed by atoms with E-state index in [4.69, 9.17) is 4.74 Å². The normalized spacial score (nSPS) is 19.9. The van der Waals surface area contributed by atoms with Gasteiger partial charge in [0.25, 0.3) is 0 Å². The number of carbonyl (C=O) groups excluding carboxylic acids is 1. The molecule has 3 nitrogen and oxygen atoms in total. The third kappa shape index (κ3) is 2.38. The summed E-state index contributed by atoms with van der Waals surface area (Å²) in [5.74, 6) is -0.0820. The minimum atomic E-state index is -0.0995. The smallest absolute Gasteiger partial charge is 0.310 e. The predicted octanol–water partition coefficient (Wildman–Crippen LogP) is 2.45. The first-order valence-electron chi connectivity index (χ1n) is 5.29. The van der Waals surface area contributed by atoms with E-state index < -0.39 is 0 Å². The van der Waals surface area contributed by atoms with E-state index in [1.165, 1.54) is 7.11 Å². The highest BCUT2D eigenvalue weighted by Gasteiger charge is 2.28. The number of esters is 1. The topological polar surface area (TPSA) is 29.5 Å². The highest BCUT2D eigenvalue weighted by atomic mass is 79.9. The van der Waals surface area contributed by atoms with Gasteiger partial charge in [0.15, 0.2) is 0 Å². The van der Waals surface area contributed by atoms with Gasteiger partial charge in [-0.05, 0) is 24.6 Å². The number of benzene rings is 1. The van der Waals surface area contributed by atoms with Gasteiger partial charge >= 0.3 is 5.97 Å². The standard InChI is InChI=1S/C12H14BrNO2/c1-16-12(15)9-5-6-14(8-9)11-4-2-3-10(13)7-11/h2-4,7,9H,5-6,8H2,1H3. The SMILES string of the molecule is COC(=O)C1CCN(c2cccc(Br)c2)C1. The molecule has 1 fully saturated rings. The zero-order valence-electron chi connectivity index (χ0n) is 9.15. The van der Waals surface area contributed by atoms with E-state index in [1.807, 2.05) is 12.1 Å². The van der Waals surface area contributed by atoms with Crippen molar-refractivity contribution in [3.8, 4) is 0 Å². The van der Waals surface area contributed by atoms with Crippen LogP contribution in [-0.4, -0.2) is 26.2 Å². The Morgan fingerprint density at radius 2 is 2.38 bits per heavy atom. The molecule has 1 aliphatic heterocycles. The molecule has 0 bridgehead atoms. The number of carbonyl (C=O) groups is 1.